The van der Waals surface area contributed by atoms with E-state index in [9.17, 15) is 0 Å². The Balaban J connectivity index is 2.16. The first-order chi connectivity index (χ1) is 7.79. The van der Waals surface area contributed by atoms with E-state index in [-0.39, 0.29) is 6.61 Å². The molecule has 1 N–H and O–H groups in total. The van der Waals surface area contributed by atoms with Gasteiger partial charge < -0.3 is 5.11 Å². The lowest BCUT2D eigenvalue weighted by atomic mass is 9.97. The molecule has 16 heavy (non-hydrogen) atoms. The van der Waals surface area contributed by atoms with Crippen LogP contribution in [0.15, 0.2) is 12.3 Å². The van der Waals surface area contributed by atoms with E-state index in [1.165, 1.54) is 26.6 Å². The number of fused-ring (bicyclic) bond motifs is 3. The molecule has 0 saturated heterocycles. The monoisotopic (exact) mass is 234 g/mol. The summed E-state index contributed by atoms with van der Waals surface area (Å²) in [5, 5.41) is 13.4. The molecule has 0 aromatic carbocycles. The summed E-state index contributed by atoms with van der Waals surface area (Å²) in [4.78, 5) is 2.82. The number of aromatic nitrogens is 2. The van der Waals surface area contributed by atoms with Crippen molar-refractivity contribution in [3.05, 3.63) is 27.6 Å². The molecule has 0 atom stereocenters. The Hall–Kier alpha value is -1.13. The van der Waals surface area contributed by atoms with Crippen LogP contribution in [-0.2, 0) is 19.4 Å². The van der Waals surface area contributed by atoms with E-state index < -0.39 is 0 Å². The molecule has 0 amide bonds. The Morgan fingerprint density at radius 1 is 1.50 bits per heavy atom. The lowest BCUT2D eigenvalue weighted by Crippen LogP contribution is -2.08. The lowest BCUT2D eigenvalue weighted by molar-refractivity contribution is 0.270. The Kier molecular flexibility index (Phi) is 2.33. The molecule has 0 saturated carbocycles. The standard InChI is InChI=1S/C12H14N2OS/c1-8-6-10-11(16-8)3-2-9-7-13-14(4-5-15)12(9)10/h6-7,15H,2-5H2,1H3. The van der Waals surface area contributed by atoms with Gasteiger partial charge >= 0.3 is 0 Å². The Morgan fingerprint density at radius 3 is 3.19 bits per heavy atom. The van der Waals surface area contributed by atoms with Gasteiger partial charge in [-0.2, -0.15) is 5.10 Å². The van der Waals surface area contributed by atoms with E-state index in [1.807, 2.05) is 22.2 Å². The summed E-state index contributed by atoms with van der Waals surface area (Å²) in [7, 11) is 0. The van der Waals surface area contributed by atoms with Crippen LogP contribution in [0, 0.1) is 6.92 Å². The zero-order chi connectivity index (χ0) is 11.1. The molecule has 2 heterocycles. The molecule has 0 fully saturated rings. The van der Waals surface area contributed by atoms with Crippen molar-refractivity contribution in [2.45, 2.75) is 26.3 Å². The largest absolute Gasteiger partial charge is 0.394 e. The van der Waals surface area contributed by atoms with Gasteiger partial charge in [0, 0.05) is 15.3 Å². The molecule has 0 spiro atoms. The van der Waals surface area contributed by atoms with Crippen LogP contribution in [0.4, 0.5) is 0 Å². The van der Waals surface area contributed by atoms with Gasteiger partial charge in [-0.3, -0.25) is 4.68 Å². The van der Waals surface area contributed by atoms with Crippen molar-refractivity contribution in [3.63, 3.8) is 0 Å². The van der Waals surface area contributed by atoms with Crippen LogP contribution in [0.1, 0.15) is 15.3 Å². The van der Waals surface area contributed by atoms with Crippen LogP contribution in [0.5, 0.6) is 0 Å². The van der Waals surface area contributed by atoms with Crippen LogP contribution < -0.4 is 0 Å². The van der Waals surface area contributed by atoms with E-state index in [0.717, 1.165) is 12.8 Å². The molecule has 3 nitrogen and oxygen atoms in total. The van der Waals surface area contributed by atoms with Crippen LogP contribution >= 0.6 is 11.3 Å². The fraction of sp³-hybridized carbons (Fsp3) is 0.417. The number of hydrogen-bond acceptors (Lipinski definition) is 3. The maximum atomic E-state index is 9.03. The van der Waals surface area contributed by atoms with Crippen molar-refractivity contribution >= 4 is 11.3 Å². The molecule has 3 rings (SSSR count). The van der Waals surface area contributed by atoms with Crippen molar-refractivity contribution in [1.29, 1.82) is 0 Å². The minimum absolute atomic E-state index is 0.145. The summed E-state index contributed by atoms with van der Waals surface area (Å²) in [6, 6.07) is 2.24. The maximum absolute atomic E-state index is 9.03. The van der Waals surface area contributed by atoms with Crippen molar-refractivity contribution < 1.29 is 5.11 Å². The van der Waals surface area contributed by atoms with Gasteiger partial charge in [-0.25, -0.2) is 0 Å². The molecular weight excluding hydrogens is 220 g/mol. The summed E-state index contributed by atoms with van der Waals surface area (Å²) >= 11 is 1.88. The molecule has 0 unspecified atom stereocenters. The Bertz CT molecular complexity index is 527. The van der Waals surface area contributed by atoms with Crippen LogP contribution in [-0.4, -0.2) is 21.5 Å². The zero-order valence-corrected chi connectivity index (χ0v) is 10.0. The maximum Gasteiger partial charge on any atom is 0.0726 e. The minimum atomic E-state index is 0.145. The second kappa shape index (κ2) is 3.71. The quantitative estimate of drug-likeness (QED) is 0.863. The highest BCUT2D eigenvalue weighted by Gasteiger charge is 2.22. The van der Waals surface area contributed by atoms with E-state index in [4.69, 9.17) is 5.11 Å². The van der Waals surface area contributed by atoms with Crippen LogP contribution in [0.2, 0.25) is 0 Å². The summed E-state index contributed by atoms with van der Waals surface area (Å²) < 4.78 is 1.93. The highest BCUT2D eigenvalue weighted by Crippen LogP contribution is 2.38. The van der Waals surface area contributed by atoms with Crippen molar-refractivity contribution in [3.8, 4) is 11.3 Å². The fourth-order valence-electron chi connectivity index (χ4n) is 2.38. The molecule has 2 aromatic heterocycles. The molecular formula is C12H14N2OS. The molecule has 1 aliphatic rings. The van der Waals surface area contributed by atoms with Gasteiger partial charge in [0.2, 0.25) is 0 Å². The summed E-state index contributed by atoms with van der Waals surface area (Å²) in [6.07, 6.45) is 4.15. The van der Waals surface area contributed by atoms with Gasteiger partial charge in [0.05, 0.1) is 25.0 Å². The van der Waals surface area contributed by atoms with Crippen molar-refractivity contribution in [2.24, 2.45) is 0 Å². The third kappa shape index (κ3) is 1.41. The molecule has 84 valence electrons. The summed E-state index contributed by atoms with van der Waals surface area (Å²) in [5.41, 5.74) is 3.87. The first kappa shape index (κ1) is 10.1. The highest BCUT2D eigenvalue weighted by atomic mass is 32.1. The van der Waals surface area contributed by atoms with Gasteiger partial charge in [-0.1, -0.05) is 0 Å². The summed E-state index contributed by atoms with van der Waals surface area (Å²) in [6.45, 7) is 2.88. The third-order valence-electron chi connectivity index (χ3n) is 3.04. The number of hydrogen-bond donors (Lipinski definition) is 1. The minimum Gasteiger partial charge on any atom is -0.394 e. The number of nitrogens with zero attached hydrogens (tertiary/aromatic N) is 2. The van der Waals surface area contributed by atoms with Crippen molar-refractivity contribution in [1.82, 2.24) is 9.78 Å². The topological polar surface area (TPSA) is 38.0 Å². The predicted molar refractivity (Wildman–Crippen MR) is 64.8 cm³/mol. The van der Waals surface area contributed by atoms with Gasteiger partial charge in [0.15, 0.2) is 0 Å². The molecule has 1 aliphatic carbocycles. The van der Waals surface area contributed by atoms with Gasteiger partial charge in [-0.15, -0.1) is 11.3 Å². The molecule has 0 radical (unpaired) electrons. The smallest absolute Gasteiger partial charge is 0.0726 e. The lowest BCUT2D eigenvalue weighted by Gasteiger charge is -2.14. The average molecular weight is 234 g/mol. The number of aryl methyl sites for hydroxylation is 3. The van der Waals surface area contributed by atoms with Gasteiger partial charge in [-0.05, 0) is 31.4 Å². The van der Waals surface area contributed by atoms with E-state index >= 15 is 0 Å². The van der Waals surface area contributed by atoms with E-state index in [2.05, 4.69) is 18.1 Å². The average Bonchev–Trinajstić information content (AvgIpc) is 2.81. The number of rotatable bonds is 2. The predicted octanol–water partition coefficient (Wildman–Crippen LogP) is 2.01. The number of aliphatic hydroxyl groups is 1. The molecule has 2 aromatic rings. The number of aliphatic hydroxyl groups excluding tert-OH is 1. The zero-order valence-electron chi connectivity index (χ0n) is 9.23. The fourth-order valence-corrected chi connectivity index (χ4v) is 3.42. The van der Waals surface area contributed by atoms with Gasteiger partial charge in [0.25, 0.3) is 0 Å². The molecule has 0 aliphatic heterocycles. The first-order valence-electron chi connectivity index (χ1n) is 5.55. The normalized spacial score (nSPS) is 13.6. The van der Waals surface area contributed by atoms with Crippen LogP contribution in [0.25, 0.3) is 11.3 Å². The van der Waals surface area contributed by atoms with Gasteiger partial charge in [0.1, 0.15) is 0 Å². The second-order valence-electron chi connectivity index (χ2n) is 4.16. The first-order valence-corrected chi connectivity index (χ1v) is 6.36. The van der Waals surface area contributed by atoms with Crippen LogP contribution in [0.3, 0.4) is 0 Å². The molecule has 4 heteroatoms. The van der Waals surface area contributed by atoms with E-state index in [0.29, 0.717) is 6.54 Å². The Morgan fingerprint density at radius 2 is 2.38 bits per heavy atom. The SMILES string of the molecule is Cc1cc2c(s1)CCc1cnn(CCO)c1-2. The second-order valence-corrected chi connectivity index (χ2v) is 5.50. The number of thiophene rings is 1. The van der Waals surface area contributed by atoms with Crippen molar-refractivity contribution in [2.75, 3.05) is 6.61 Å². The molecule has 0 bridgehead atoms. The third-order valence-corrected chi connectivity index (χ3v) is 4.15. The Labute approximate surface area is 98.3 Å². The van der Waals surface area contributed by atoms with E-state index in [1.54, 1.807) is 0 Å². The summed E-state index contributed by atoms with van der Waals surface area (Å²) in [5.74, 6) is 0. The highest BCUT2D eigenvalue weighted by molar-refractivity contribution is 7.12.